The summed E-state index contributed by atoms with van der Waals surface area (Å²) in [4.78, 5) is 23.6. The van der Waals surface area contributed by atoms with Crippen molar-refractivity contribution < 1.29 is 13.2 Å². The first kappa shape index (κ1) is 16.3. The topological polar surface area (TPSA) is 46.2 Å². The second kappa shape index (κ2) is 5.79. The average molecular weight is 352 g/mol. The van der Waals surface area contributed by atoms with Crippen molar-refractivity contribution in [2.45, 2.75) is 6.18 Å². The fourth-order valence-corrected chi connectivity index (χ4v) is 2.58. The summed E-state index contributed by atoms with van der Waals surface area (Å²) in [5.74, 6) is 0. The monoisotopic (exact) mass is 351 g/mol. The Morgan fingerprint density at radius 2 is 1.58 bits per heavy atom. The van der Waals surface area contributed by atoms with Gasteiger partial charge in [0.05, 0.1) is 16.1 Å². The van der Waals surface area contributed by atoms with Crippen molar-refractivity contribution in [3.05, 3.63) is 79.6 Å². The van der Waals surface area contributed by atoms with Gasteiger partial charge in [-0.05, 0) is 23.8 Å². The zero-order valence-corrected chi connectivity index (χ0v) is 12.7. The summed E-state index contributed by atoms with van der Waals surface area (Å²) in [6.45, 7) is 0. The molecule has 0 atom stereocenters. The SMILES string of the molecule is O=c1c(Nc2ccc(Cl)c(C(F)(F)F)c2)c(-c2ccccc2)c1=O. The third kappa shape index (κ3) is 2.80. The quantitative estimate of drug-likeness (QED) is 0.713. The van der Waals surface area contributed by atoms with Crippen LogP contribution in [0.1, 0.15) is 5.56 Å². The van der Waals surface area contributed by atoms with Gasteiger partial charge in [0.2, 0.25) is 5.43 Å². The molecule has 0 aromatic heterocycles. The smallest absolute Gasteiger partial charge is 0.352 e. The van der Waals surface area contributed by atoms with Gasteiger partial charge in [-0.3, -0.25) is 9.59 Å². The summed E-state index contributed by atoms with van der Waals surface area (Å²) in [6, 6.07) is 11.6. The number of halogens is 4. The van der Waals surface area contributed by atoms with E-state index in [2.05, 4.69) is 5.32 Å². The maximum atomic E-state index is 12.9. The van der Waals surface area contributed by atoms with E-state index in [0.29, 0.717) is 5.56 Å². The van der Waals surface area contributed by atoms with Crippen molar-refractivity contribution in [1.82, 2.24) is 0 Å². The second-order valence-electron chi connectivity index (χ2n) is 5.09. The van der Waals surface area contributed by atoms with Crippen LogP contribution in [0.4, 0.5) is 24.5 Å². The van der Waals surface area contributed by atoms with Crippen molar-refractivity contribution in [3.8, 4) is 11.1 Å². The van der Waals surface area contributed by atoms with Crippen LogP contribution in [0.15, 0.2) is 58.1 Å². The van der Waals surface area contributed by atoms with Gasteiger partial charge in [0.15, 0.2) is 0 Å². The number of alkyl halides is 3. The Hall–Kier alpha value is -2.60. The third-order valence-electron chi connectivity index (χ3n) is 3.51. The molecule has 0 bridgehead atoms. The molecule has 3 nitrogen and oxygen atoms in total. The van der Waals surface area contributed by atoms with Crippen LogP contribution in [0.25, 0.3) is 11.1 Å². The zero-order valence-electron chi connectivity index (χ0n) is 11.9. The lowest BCUT2D eigenvalue weighted by Gasteiger charge is -2.15. The number of benzene rings is 2. The molecular formula is C17H9ClF3NO2. The Morgan fingerprint density at radius 3 is 2.21 bits per heavy atom. The van der Waals surface area contributed by atoms with E-state index < -0.39 is 27.6 Å². The first-order chi connectivity index (χ1) is 11.3. The first-order valence-corrected chi connectivity index (χ1v) is 7.19. The van der Waals surface area contributed by atoms with E-state index in [1.165, 1.54) is 6.07 Å². The number of rotatable bonds is 3. The van der Waals surface area contributed by atoms with Crippen LogP contribution in [0, 0.1) is 0 Å². The van der Waals surface area contributed by atoms with Crippen LogP contribution in [-0.4, -0.2) is 0 Å². The molecule has 3 rings (SSSR count). The largest absolute Gasteiger partial charge is 0.417 e. The number of anilines is 2. The van der Waals surface area contributed by atoms with Crippen LogP contribution < -0.4 is 16.2 Å². The summed E-state index contributed by atoms with van der Waals surface area (Å²) in [5, 5.41) is 2.15. The van der Waals surface area contributed by atoms with Crippen LogP contribution in [0.3, 0.4) is 0 Å². The standard InChI is InChI=1S/C17H9ClF3NO2/c18-12-7-6-10(8-11(12)17(19,20)21)22-14-13(15(23)16(14)24)9-4-2-1-3-5-9/h1-8,22H. The average Bonchev–Trinajstić information content (AvgIpc) is 2.55. The van der Waals surface area contributed by atoms with Gasteiger partial charge in [0.1, 0.15) is 5.69 Å². The Morgan fingerprint density at radius 1 is 0.917 bits per heavy atom. The van der Waals surface area contributed by atoms with Gasteiger partial charge in [-0.2, -0.15) is 13.2 Å². The Kier molecular flexibility index (Phi) is 3.93. The Balaban J connectivity index is 2.01. The second-order valence-corrected chi connectivity index (χ2v) is 5.50. The molecule has 0 radical (unpaired) electrons. The van der Waals surface area contributed by atoms with Gasteiger partial charge in [-0.15, -0.1) is 0 Å². The maximum absolute atomic E-state index is 12.9. The minimum absolute atomic E-state index is 0.0241. The molecule has 3 aromatic carbocycles. The minimum atomic E-state index is -4.62. The van der Waals surface area contributed by atoms with Gasteiger partial charge < -0.3 is 5.32 Å². The summed E-state index contributed by atoms with van der Waals surface area (Å²) < 4.78 is 38.7. The van der Waals surface area contributed by atoms with Gasteiger partial charge >= 0.3 is 6.18 Å². The van der Waals surface area contributed by atoms with Crippen LogP contribution in [0.2, 0.25) is 5.02 Å². The molecule has 0 aliphatic rings. The molecule has 0 saturated carbocycles. The molecule has 7 heteroatoms. The van der Waals surface area contributed by atoms with E-state index in [0.717, 1.165) is 12.1 Å². The fourth-order valence-electron chi connectivity index (χ4n) is 2.36. The first-order valence-electron chi connectivity index (χ1n) is 6.81. The van der Waals surface area contributed by atoms with Gasteiger partial charge in [-0.25, -0.2) is 0 Å². The highest BCUT2D eigenvalue weighted by atomic mass is 35.5. The van der Waals surface area contributed by atoms with E-state index in [-0.39, 0.29) is 16.9 Å². The summed E-state index contributed by atoms with van der Waals surface area (Å²) in [6.07, 6.45) is -4.62. The van der Waals surface area contributed by atoms with Crippen molar-refractivity contribution in [2.75, 3.05) is 5.32 Å². The molecule has 1 N–H and O–H groups in total. The Labute approximate surface area is 139 Å². The number of hydrogen-bond donors (Lipinski definition) is 1. The fraction of sp³-hybridized carbons (Fsp3) is 0.0588. The number of nitrogens with one attached hydrogen (secondary N) is 1. The van der Waals surface area contributed by atoms with Gasteiger partial charge in [0, 0.05) is 5.69 Å². The molecule has 0 heterocycles. The highest BCUT2D eigenvalue weighted by molar-refractivity contribution is 6.31. The minimum Gasteiger partial charge on any atom is -0.352 e. The van der Waals surface area contributed by atoms with Gasteiger partial charge in [-0.1, -0.05) is 41.9 Å². The summed E-state index contributed by atoms with van der Waals surface area (Å²) in [7, 11) is 0. The lowest BCUT2D eigenvalue weighted by Crippen LogP contribution is -2.35. The molecular weight excluding hydrogens is 343 g/mol. The maximum Gasteiger partial charge on any atom is 0.417 e. The van der Waals surface area contributed by atoms with E-state index in [4.69, 9.17) is 11.6 Å². The van der Waals surface area contributed by atoms with Crippen molar-refractivity contribution in [3.63, 3.8) is 0 Å². The Bertz CT molecular complexity index is 974. The number of hydrogen-bond acceptors (Lipinski definition) is 3. The zero-order chi connectivity index (χ0) is 17.5. The highest BCUT2D eigenvalue weighted by Gasteiger charge is 2.33. The highest BCUT2D eigenvalue weighted by Crippen LogP contribution is 2.37. The van der Waals surface area contributed by atoms with E-state index >= 15 is 0 Å². The molecule has 24 heavy (non-hydrogen) atoms. The molecule has 0 saturated heterocycles. The van der Waals surface area contributed by atoms with Crippen LogP contribution in [-0.2, 0) is 6.18 Å². The van der Waals surface area contributed by atoms with Crippen molar-refractivity contribution in [2.24, 2.45) is 0 Å². The van der Waals surface area contributed by atoms with Crippen molar-refractivity contribution in [1.29, 1.82) is 0 Å². The summed E-state index contributed by atoms with van der Waals surface area (Å²) in [5.41, 5.74) is -1.78. The lowest BCUT2D eigenvalue weighted by molar-refractivity contribution is -0.137. The van der Waals surface area contributed by atoms with Crippen LogP contribution >= 0.6 is 11.6 Å². The van der Waals surface area contributed by atoms with E-state index in [1.54, 1.807) is 30.3 Å². The molecule has 3 aromatic rings. The molecule has 0 aliphatic carbocycles. The lowest BCUT2D eigenvalue weighted by atomic mass is 9.98. The third-order valence-corrected chi connectivity index (χ3v) is 3.84. The van der Waals surface area contributed by atoms with E-state index in [9.17, 15) is 22.8 Å². The predicted octanol–water partition coefficient (Wildman–Crippen LogP) is 4.37. The van der Waals surface area contributed by atoms with Crippen LogP contribution in [0.5, 0.6) is 0 Å². The molecule has 0 aliphatic heterocycles. The molecule has 122 valence electrons. The molecule has 0 amide bonds. The molecule has 0 unspecified atom stereocenters. The van der Waals surface area contributed by atoms with Crippen molar-refractivity contribution >= 4 is 23.0 Å². The normalized spacial score (nSPS) is 11.7. The predicted molar refractivity (Wildman–Crippen MR) is 86.5 cm³/mol. The van der Waals surface area contributed by atoms with Gasteiger partial charge in [0.25, 0.3) is 5.43 Å². The molecule has 0 fully saturated rings. The summed E-state index contributed by atoms with van der Waals surface area (Å²) >= 11 is 5.56. The molecule has 0 spiro atoms. The van der Waals surface area contributed by atoms with E-state index in [1.807, 2.05) is 0 Å².